The second-order valence-electron chi connectivity index (χ2n) is 3.85. The highest BCUT2D eigenvalue weighted by Gasteiger charge is 2.35. The van der Waals surface area contributed by atoms with Gasteiger partial charge in [-0.1, -0.05) is 0 Å². The lowest BCUT2D eigenvalue weighted by Crippen LogP contribution is -2.33. The Morgan fingerprint density at radius 3 is 2.75 bits per heavy atom. The zero-order valence-corrected chi connectivity index (χ0v) is 9.51. The van der Waals surface area contributed by atoms with Crippen molar-refractivity contribution in [2.75, 3.05) is 27.3 Å². The molecule has 0 radical (unpaired) electrons. The first kappa shape index (κ1) is 12.9. The van der Waals surface area contributed by atoms with Gasteiger partial charge in [0.25, 0.3) is 0 Å². The van der Waals surface area contributed by atoms with E-state index in [9.17, 15) is 9.59 Å². The van der Waals surface area contributed by atoms with Gasteiger partial charge in [-0.15, -0.1) is 0 Å². The van der Waals surface area contributed by atoms with Crippen molar-refractivity contribution in [2.24, 2.45) is 0 Å². The summed E-state index contributed by atoms with van der Waals surface area (Å²) in [5.74, 6) is -1.15. The number of hydrogen-bond acceptors (Lipinski definition) is 5. The van der Waals surface area contributed by atoms with E-state index in [1.54, 1.807) is 0 Å². The van der Waals surface area contributed by atoms with Gasteiger partial charge in [-0.05, 0) is 7.05 Å². The number of hydrogen-bond donors (Lipinski definition) is 1. The minimum Gasteiger partial charge on any atom is -0.481 e. The highest BCUT2D eigenvalue weighted by atomic mass is 16.5. The standard InChI is InChI=1S/C10H17NO5/c1-11-6-7(16-4-3-9(12)13)5-8(11)10(14)15-2/h7-8H,3-6H2,1-2H3,(H,12,13)/t7-,8-/m0/s1. The fraction of sp³-hybridized carbons (Fsp3) is 0.800. The molecule has 0 saturated carbocycles. The minimum atomic E-state index is -0.879. The van der Waals surface area contributed by atoms with Crippen LogP contribution in [0.5, 0.6) is 0 Å². The van der Waals surface area contributed by atoms with Crippen LogP contribution in [0.15, 0.2) is 0 Å². The summed E-state index contributed by atoms with van der Waals surface area (Å²) in [7, 11) is 3.18. The van der Waals surface area contributed by atoms with E-state index in [1.165, 1.54) is 7.11 Å². The number of likely N-dealkylation sites (N-methyl/N-ethyl adjacent to an activating group) is 1. The Bertz CT molecular complexity index is 268. The molecule has 0 amide bonds. The summed E-state index contributed by atoms with van der Waals surface area (Å²) in [6.07, 6.45) is 0.458. The summed E-state index contributed by atoms with van der Waals surface area (Å²) in [4.78, 5) is 23.5. The fourth-order valence-electron chi connectivity index (χ4n) is 1.80. The first-order valence-corrected chi connectivity index (χ1v) is 5.16. The Labute approximate surface area is 94.1 Å². The molecule has 1 heterocycles. The number of esters is 1. The molecule has 0 aromatic rings. The van der Waals surface area contributed by atoms with Crippen LogP contribution < -0.4 is 0 Å². The Kier molecular flexibility index (Phi) is 4.70. The van der Waals surface area contributed by atoms with Gasteiger partial charge in [-0.25, -0.2) is 0 Å². The number of methoxy groups -OCH3 is 1. The number of likely N-dealkylation sites (tertiary alicyclic amines) is 1. The molecule has 16 heavy (non-hydrogen) atoms. The van der Waals surface area contributed by atoms with E-state index >= 15 is 0 Å². The molecule has 0 spiro atoms. The molecule has 2 atom stereocenters. The van der Waals surface area contributed by atoms with Crippen LogP contribution in [0.1, 0.15) is 12.8 Å². The molecule has 1 N–H and O–H groups in total. The molecular weight excluding hydrogens is 214 g/mol. The Hall–Kier alpha value is -1.14. The van der Waals surface area contributed by atoms with E-state index in [0.717, 1.165) is 0 Å². The molecule has 6 nitrogen and oxygen atoms in total. The molecule has 0 unspecified atom stereocenters. The van der Waals surface area contributed by atoms with Crippen LogP contribution in [-0.4, -0.2) is 61.4 Å². The van der Waals surface area contributed by atoms with Gasteiger partial charge in [0.05, 0.1) is 26.2 Å². The van der Waals surface area contributed by atoms with Crippen molar-refractivity contribution in [3.63, 3.8) is 0 Å². The van der Waals surface area contributed by atoms with Crippen LogP contribution in [0.3, 0.4) is 0 Å². The lowest BCUT2D eigenvalue weighted by atomic mass is 10.2. The molecule has 0 aliphatic carbocycles. The average molecular weight is 231 g/mol. The van der Waals surface area contributed by atoms with Crippen molar-refractivity contribution in [1.29, 1.82) is 0 Å². The summed E-state index contributed by atoms with van der Waals surface area (Å²) in [6, 6.07) is -0.278. The second kappa shape index (κ2) is 5.81. The van der Waals surface area contributed by atoms with Crippen LogP contribution in [0.2, 0.25) is 0 Å². The third kappa shape index (κ3) is 3.46. The molecule has 6 heteroatoms. The number of aliphatic carboxylic acids is 1. The summed E-state index contributed by atoms with van der Waals surface area (Å²) >= 11 is 0. The summed E-state index contributed by atoms with van der Waals surface area (Å²) in [5, 5.41) is 8.45. The molecule has 1 saturated heterocycles. The van der Waals surface area contributed by atoms with E-state index < -0.39 is 5.97 Å². The Morgan fingerprint density at radius 2 is 2.19 bits per heavy atom. The SMILES string of the molecule is COC(=O)[C@@H]1C[C@H](OCCC(=O)O)CN1C. The first-order valence-electron chi connectivity index (χ1n) is 5.16. The number of carbonyl (C=O) groups is 2. The highest BCUT2D eigenvalue weighted by Crippen LogP contribution is 2.19. The van der Waals surface area contributed by atoms with E-state index in [2.05, 4.69) is 4.74 Å². The largest absolute Gasteiger partial charge is 0.481 e. The van der Waals surface area contributed by atoms with Crippen molar-refractivity contribution in [3.05, 3.63) is 0 Å². The molecule has 1 aliphatic rings. The predicted molar refractivity (Wildman–Crippen MR) is 55.0 cm³/mol. The molecule has 92 valence electrons. The molecule has 0 aromatic heterocycles. The van der Waals surface area contributed by atoms with E-state index in [-0.39, 0.29) is 31.1 Å². The molecule has 0 aromatic carbocycles. The zero-order valence-electron chi connectivity index (χ0n) is 9.51. The van der Waals surface area contributed by atoms with Crippen molar-refractivity contribution in [1.82, 2.24) is 4.90 Å². The number of carboxylic acid groups (broad SMARTS) is 1. The maximum absolute atomic E-state index is 11.3. The lowest BCUT2D eigenvalue weighted by Gasteiger charge is -2.15. The van der Waals surface area contributed by atoms with Crippen molar-refractivity contribution >= 4 is 11.9 Å². The van der Waals surface area contributed by atoms with E-state index in [1.807, 2.05) is 11.9 Å². The van der Waals surface area contributed by atoms with Crippen molar-refractivity contribution in [2.45, 2.75) is 25.0 Å². The highest BCUT2D eigenvalue weighted by molar-refractivity contribution is 5.76. The first-order chi connectivity index (χ1) is 7.54. The van der Waals surface area contributed by atoms with Gasteiger partial charge in [0, 0.05) is 13.0 Å². The van der Waals surface area contributed by atoms with Crippen molar-refractivity contribution < 1.29 is 24.2 Å². The normalized spacial score (nSPS) is 25.6. The third-order valence-electron chi connectivity index (χ3n) is 2.65. The van der Waals surface area contributed by atoms with Crippen LogP contribution in [0.4, 0.5) is 0 Å². The van der Waals surface area contributed by atoms with Gasteiger partial charge < -0.3 is 14.6 Å². The van der Waals surface area contributed by atoms with Gasteiger partial charge in [0.15, 0.2) is 0 Å². The molecular formula is C10H17NO5. The summed E-state index contributed by atoms with van der Waals surface area (Å²) < 4.78 is 10.0. The Balaban J connectivity index is 2.32. The molecule has 1 rings (SSSR count). The number of ether oxygens (including phenoxy) is 2. The lowest BCUT2D eigenvalue weighted by molar-refractivity contribution is -0.145. The van der Waals surface area contributed by atoms with Gasteiger partial charge >= 0.3 is 11.9 Å². The number of rotatable bonds is 5. The summed E-state index contributed by atoms with van der Waals surface area (Å²) in [5.41, 5.74) is 0. The topological polar surface area (TPSA) is 76.1 Å². The van der Waals surface area contributed by atoms with Crippen LogP contribution in [0.25, 0.3) is 0 Å². The van der Waals surface area contributed by atoms with Crippen molar-refractivity contribution in [3.8, 4) is 0 Å². The predicted octanol–water partition coefficient (Wildman–Crippen LogP) is -0.277. The zero-order chi connectivity index (χ0) is 12.1. The Morgan fingerprint density at radius 1 is 1.50 bits per heavy atom. The van der Waals surface area contributed by atoms with E-state index in [0.29, 0.717) is 13.0 Å². The second-order valence-corrected chi connectivity index (χ2v) is 3.85. The van der Waals surface area contributed by atoms with Gasteiger partial charge in [0.1, 0.15) is 6.04 Å². The van der Waals surface area contributed by atoms with Crippen LogP contribution in [0, 0.1) is 0 Å². The number of nitrogens with zero attached hydrogens (tertiary/aromatic N) is 1. The molecule has 1 fully saturated rings. The fourth-order valence-corrected chi connectivity index (χ4v) is 1.80. The summed E-state index contributed by atoms with van der Waals surface area (Å²) in [6.45, 7) is 0.807. The van der Waals surface area contributed by atoms with Crippen LogP contribution >= 0.6 is 0 Å². The van der Waals surface area contributed by atoms with Gasteiger partial charge in [-0.2, -0.15) is 0 Å². The quantitative estimate of drug-likeness (QED) is 0.656. The van der Waals surface area contributed by atoms with Gasteiger partial charge in [-0.3, -0.25) is 14.5 Å². The number of carbonyl (C=O) groups excluding carboxylic acids is 1. The maximum Gasteiger partial charge on any atom is 0.323 e. The smallest absolute Gasteiger partial charge is 0.323 e. The molecule has 1 aliphatic heterocycles. The monoisotopic (exact) mass is 231 g/mol. The van der Waals surface area contributed by atoms with Crippen LogP contribution in [-0.2, 0) is 19.1 Å². The van der Waals surface area contributed by atoms with Gasteiger partial charge in [0.2, 0.25) is 0 Å². The average Bonchev–Trinajstić information content (AvgIpc) is 2.58. The number of carboxylic acids is 1. The minimum absolute atomic E-state index is 0.0108. The molecule has 0 bridgehead atoms. The maximum atomic E-state index is 11.3. The van der Waals surface area contributed by atoms with E-state index in [4.69, 9.17) is 9.84 Å². The third-order valence-corrected chi connectivity index (χ3v) is 2.65.